The molecule has 0 spiro atoms. The smallest absolute Gasteiger partial charge is 0.116 e. The van der Waals surface area contributed by atoms with E-state index < -0.39 is 11.8 Å². The van der Waals surface area contributed by atoms with Gasteiger partial charge in [0.1, 0.15) is 6.33 Å². The minimum absolute atomic E-state index is 0.515. The molecule has 0 radical (unpaired) electrons. The van der Waals surface area contributed by atoms with Crippen molar-refractivity contribution in [2.45, 2.75) is 41.0 Å². The zero-order valence-corrected chi connectivity index (χ0v) is 16.6. The Morgan fingerprint density at radius 1 is 0.963 bits per heavy atom. The van der Waals surface area contributed by atoms with Gasteiger partial charge in [0, 0.05) is 19.1 Å². The Hall–Kier alpha value is -2.74. The van der Waals surface area contributed by atoms with Gasteiger partial charge < -0.3 is 0 Å². The van der Waals surface area contributed by atoms with Gasteiger partial charge in [0.25, 0.3) is 0 Å². The molecule has 0 fully saturated rings. The predicted octanol–water partition coefficient (Wildman–Crippen LogP) is 6.66. The Morgan fingerprint density at radius 3 is 2.56 bits per heavy atom. The number of nitrogens with zero attached hydrogens (tertiary/aromatic N) is 2. The van der Waals surface area contributed by atoms with E-state index in [1.54, 1.807) is 6.33 Å². The highest BCUT2D eigenvalue weighted by molar-refractivity contribution is 6.10. The summed E-state index contributed by atoms with van der Waals surface area (Å²) in [5.74, 6) is 0. The number of fused-ring (bicyclic) bond motifs is 3. The van der Waals surface area contributed by atoms with Crippen LogP contribution in [-0.4, -0.2) is 9.97 Å². The molecule has 27 heavy (non-hydrogen) atoms. The van der Waals surface area contributed by atoms with E-state index >= 15 is 0 Å². The third kappa shape index (κ3) is 3.44. The normalized spacial score (nSPS) is 13.7. The van der Waals surface area contributed by atoms with Gasteiger partial charge in [-0.15, -0.1) is 0 Å². The monoisotopic (exact) mass is 356 g/mol. The highest BCUT2D eigenvalue weighted by Gasteiger charge is 2.15. The molecule has 0 saturated carbocycles. The largest absolute Gasteiger partial charge is 0.236 e. The quantitative estimate of drug-likeness (QED) is 0.375. The molecule has 0 aliphatic carbocycles. The highest BCUT2D eigenvalue weighted by Crippen LogP contribution is 2.33. The van der Waals surface area contributed by atoms with Crippen LogP contribution in [0.1, 0.15) is 40.2 Å². The summed E-state index contributed by atoms with van der Waals surface area (Å²) >= 11 is 0. The molecule has 0 saturated heterocycles. The number of aryl methyl sites for hydroxylation is 2. The minimum atomic E-state index is -1.46. The number of aromatic nitrogens is 2. The maximum atomic E-state index is 8.71. The van der Waals surface area contributed by atoms with Crippen molar-refractivity contribution in [2.24, 2.45) is 5.41 Å². The summed E-state index contributed by atoms with van der Waals surface area (Å²) in [6, 6.07) is 16.4. The SMILES string of the molecule is [2H]C([2H])(c1cc(C)cc(-c2ncnc3c2ccc2cccc(C)c23)c1)C(C)(C)C. The first-order valence-corrected chi connectivity index (χ1v) is 9.35. The number of hydrogen-bond donors (Lipinski definition) is 0. The first-order chi connectivity index (χ1) is 13.6. The lowest BCUT2D eigenvalue weighted by Crippen LogP contribution is -2.09. The minimum Gasteiger partial charge on any atom is -0.236 e. The van der Waals surface area contributed by atoms with Crippen LogP contribution in [0.4, 0.5) is 0 Å². The molecule has 136 valence electrons. The van der Waals surface area contributed by atoms with E-state index in [4.69, 9.17) is 2.74 Å². The van der Waals surface area contributed by atoms with E-state index in [9.17, 15) is 0 Å². The van der Waals surface area contributed by atoms with Crippen LogP contribution in [0.2, 0.25) is 0 Å². The Balaban J connectivity index is 2.00. The second kappa shape index (κ2) is 6.45. The second-order valence-electron chi connectivity index (χ2n) is 8.32. The predicted molar refractivity (Wildman–Crippen MR) is 115 cm³/mol. The molecule has 1 heterocycles. The number of rotatable bonds is 2. The molecule has 4 rings (SSSR count). The van der Waals surface area contributed by atoms with Gasteiger partial charge in [-0.1, -0.05) is 56.7 Å². The van der Waals surface area contributed by atoms with E-state index in [0.29, 0.717) is 5.56 Å². The van der Waals surface area contributed by atoms with Crippen molar-refractivity contribution in [1.82, 2.24) is 9.97 Å². The lowest BCUT2D eigenvalue weighted by Gasteiger charge is -2.19. The topological polar surface area (TPSA) is 25.8 Å². The molecule has 4 aromatic rings. The second-order valence-corrected chi connectivity index (χ2v) is 8.32. The summed E-state index contributed by atoms with van der Waals surface area (Å²) in [7, 11) is 0. The standard InChI is InChI=1S/C25H26N2/c1-16-11-18(14-25(3,4)5)13-20(12-16)23-21-10-9-19-8-6-7-17(2)22(19)24(21)27-15-26-23/h6-13,15H,14H2,1-5H3/i14D2. The maximum absolute atomic E-state index is 8.71. The average Bonchev–Trinajstić information content (AvgIpc) is 2.66. The zero-order chi connectivity index (χ0) is 21.0. The zero-order valence-electron chi connectivity index (χ0n) is 18.6. The summed E-state index contributed by atoms with van der Waals surface area (Å²) in [6.45, 7) is 9.92. The molecule has 0 N–H and O–H groups in total. The molecule has 0 unspecified atom stereocenters. The van der Waals surface area contributed by atoms with Crippen molar-refractivity contribution in [2.75, 3.05) is 0 Å². The summed E-state index contributed by atoms with van der Waals surface area (Å²) < 4.78 is 17.4. The van der Waals surface area contributed by atoms with Crippen LogP contribution in [0.5, 0.6) is 0 Å². The summed E-state index contributed by atoms with van der Waals surface area (Å²) in [4.78, 5) is 9.21. The molecule has 2 heteroatoms. The number of hydrogen-bond acceptors (Lipinski definition) is 2. The first kappa shape index (κ1) is 15.3. The van der Waals surface area contributed by atoms with E-state index in [0.717, 1.165) is 38.5 Å². The van der Waals surface area contributed by atoms with Gasteiger partial charge >= 0.3 is 0 Å². The molecular weight excluding hydrogens is 328 g/mol. The summed E-state index contributed by atoms with van der Waals surface area (Å²) in [5, 5.41) is 3.30. The molecular formula is C25H26N2. The average molecular weight is 357 g/mol. The molecule has 0 amide bonds. The van der Waals surface area contributed by atoms with Crippen LogP contribution in [0.3, 0.4) is 0 Å². The van der Waals surface area contributed by atoms with Crippen LogP contribution in [0, 0.1) is 19.3 Å². The van der Waals surface area contributed by atoms with Gasteiger partial charge in [0.2, 0.25) is 0 Å². The van der Waals surface area contributed by atoms with Crippen LogP contribution >= 0.6 is 0 Å². The highest BCUT2D eigenvalue weighted by atomic mass is 14.8. The molecule has 0 atom stereocenters. The van der Waals surface area contributed by atoms with Gasteiger partial charge in [0.15, 0.2) is 0 Å². The van der Waals surface area contributed by atoms with Crippen LogP contribution < -0.4 is 0 Å². The fourth-order valence-electron chi connectivity index (χ4n) is 3.73. The molecule has 0 bridgehead atoms. The lowest BCUT2D eigenvalue weighted by molar-refractivity contribution is 0.411. The third-order valence-electron chi connectivity index (χ3n) is 4.73. The van der Waals surface area contributed by atoms with Crippen molar-refractivity contribution in [1.29, 1.82) is 0 Å². The van der Waals surface area contributed by atoms with Crippen molar-refractivity contribution < 1.29 is 2.74 Å². The molecule has 3 aromatic carbocycles. The van der Waals surface area contributed by atoms with Crippen molar-refractivity contribution >= 4 is 21.7 Å². The fourth-order valence-corrected chi connectivity index (χ4v) is 3.73. The summed E-state index contributed by atoms with van der Waals surface area (Å²) in [6.07, 6.45) is 0.157. The van der Waals surface area contributed by atoms with Gasteiger partial charge in [-0.3, -0.25) is 0 Å². The van der Waals surface area contributed by atoms with E-state index in [2.05, 4.69) is 53.3 Å². The molecule has 1 aromatic heterocycles. The van der Waals surface area contributed by atoms with Gasteiger partial charge in [-0.05, 0) is 60.3 Å². The lowest BCUT2D eigenvalue weighted by atomic mass is 9.86. The summed E-state index contributed by atoms with van der Waals surface area (Å²) in [5.41, 5.74) is 5.08. The Kier molecular flexibility index (Phi) is 3.66. The van der Waals surface area contributed by atoms with E-state index in [-0.39, 0.29) is 0 Å². The Labute approximate surface area is 164 Å². The van der Waals surface area contributed by atoms with Crippen molar-refractivity contribution in [3.8, 4) is 11.3 Å². The fraction of sp³-hybridized carbons (Fsp3) is 0.280. The Bertz CT molecular complexity index is 1240. The molecule has 0 aliphatic heterocycles. The van der Waals surface area contributed by atoms with Crippen molar-refractivity contribution in [3.63, 3.8) is 0 Å². The van der Waals surface area contributed by atoms with Crippen LogP contribution in [-0.2, 0) is 6.37 Å². The van der Waals surface area contributed by atoms with Crippen LogP contribution in [0.25, 0.3) is 32.9 Å². The number of benzene rings is 3. The van der Waals surface area contributed by atoms with E-state index in [1.165, 1.54) is 5.56 Å². The van der Waals surface area contributed by atoms with Crippen molar-refractivity contribution in [3.05, 3.63) is 71.5 Å². The third-order valence-corrected chi connectivity index (χ3v) is 4.73. The van der Waals surface area contributed by atoms with E-state index in [1.807, 2.05) is 39.8 Å². The first-order valence-electron chi connectivity index (χ1n) is 10.4. The van der Waals surface area contributed by atoms with Gasteiger partial charge in [-0.2, -0.15) is 0 Å². The van der Waals surface area contributed by atoms with Crippen LogP contribution in [0.15, 0.2) is 54.9 Å². The molecule has 0 aliphatic rings. The van der Waals surface area contributed by atoms with Gasteiger partial charge in [0.05, 0.1) is 11.2 Å². The van der Waals surface area contributed by atoms with Gasteiger partial charge in [-0.25, -0.2) is 9.97 Å². The Morgan fingerprint density at radius 2 is 1.78 bits per heavy atom. The molecule has 2 nitrogen and oxygen atoms in total. The maximum Gasteiger partial charge on any atom is 0.116 e.